The van der Waals surface area contributed by atoms with Gasteiger partial charge in [-0.05, 0) is 36.1 Å². The zero-order valence-corrected chi connectivity index (χ0v) is 27.2. The number of benzene rings is 1. The van der Waals surface area contributed by atoms with Crippen LogP contribution in [0.1, 0.15) is 31.7 Å². The maximum Gasteiger partial charge on any atom is 0.319 e. The molecule has 46 heavy (non-hydrogen) atoms. The number of nitrogens with one attached hydrogen (secondary N) is 2. The highest BCUT2D eigenvalue weighted by Crippen LogP contribution is 2.40. The third-order valence-corrected chi connectivity index (χ3v) is 9.37. The minimum Gasteiger partial charge on any atom is -0.457 e. The molecule has 246 valence electrons. The predicted molar refractivity (Wildman–Crippen MR) is 174 cm³/mol. The quantitative estimate of drug-likeness (QED) is 0.149. The summed E-state index contributed by atoms with van der Waals surface area (Å²) in [5.74, 6) is 0.212. The number of pyridine rings is 1. The van der Waals surface area contributed by atoms with Gasteiger partial charge in [-0.1, -0.05) is 31.2 Å². The zero-order valence-electron chi connectivity index (χ0n) is 26.4. The van der Waals surface area contributed by atoms with Crippen LogP contribution in [0.2, 0.25) is 0 Å². The van der Waals surface area contributed by atoms with Gasteiger partial charge in [0.25, 0.3) is 0 Å². The number of hydrogen-bond acceptors (Lipinski definition) is 9. The Morgan fingerprint density at radius 2 is 1.93 bits per heavy atom. The highest BCUT2D eigenvalue weighted by molar-refractivity contribution is 7.22. The van der Waals surface area contributed by atoms with E-state index in [1.54, 1.807) is 37.8 Å². The Balaban J connectivity index is 1.11. The van der Waals surface area contributed by atoms with Gasteiger partial charge in [0, 0.05) is 68.5 Å². The van der Waals surface area contributed by atoms with E-state index in [2.05, 4.69) is 44.8 Å². The molecule has 3 atom stereocenters. The van der Waals surface area contributed by atoms with Crippen molar-refractivity contribution in [1.29, 1.82) is 0 Å². The molecule has 10 nitrogen and oxygen atoms in total. The molecular weight excluding hydrogens is 611 g/mol. The topological polar surface area (TPSA) is 107 Å². The Kier molecular flexibility index (Phi) is 10.6. The van der Waals surface area contributed by atoms with Crippen molar-refractivity contribution in [3.8, 4) is 16.2 Å². The first-order valence-electron chi connectivity index (χ1n) is 15.7. The van der Waals surface area contributed by atoms with Crippen molar-refractivity contribution in [1.82, 2.24) is 20.5 Å². The molecule has 2 fully saturated rings. The number of epoxide rings is 1. The van der Waals surface area contributed by atoms with Gasteiger partial charge in [0.1, 0.15) is 23.8 Å². The van der Waals surface area contributed by atoms with Crippen LogP contribution >= 0.6 is 11.3 Å². The van der Waals surface area contributed by atoms with Crippen molar-refractivity contribution >= 4 is 27.6 Å². The SMILES string of the molecule is COCCOCC1OC1N(CCOC)Cc1ccc(-c2cc3nccc(OC4=C(F)C=C(NC(=O)NC5CC5)C(C)C4)c3s2)cc1. The van der Waals surface area contributed by atoms with Crippen LogP contribution in [0.4, 0.5) is 9.18 Å². The smallest absolute Gasteiger partial charge is 0.319 e. The molecule has 1 aromatic carbocycles. The van der Waals surface area contributed by atoms with E-state index in [9.17, 15) is 4.79 Å². The van der Waals surface area contributed by atoms with E-state index < -0.39 is 5.83 Å². The number of carbonyl (C=O) groups is 1. The summed E-state index contributed by atoms with van der Waals surface area (Å²) < 4.78 is 44.1. The summed E-state index contributed by atoms with van der Waals surface area (Å²) in [5, 5.41) is 5.67. The lowest BCUT2D eigenvalue weighted by Gasteiger charge is -2.23. The Morgan fingerprint density at radius 3 is 2.70 bits per heavy atom. The number of ether oxygens (including phenoxy) is 5. The van der Waals surface area contributed by atoms with Gasteiger partial charge in [0.15, 0.2) is 5.83 Å². The molecular formula is C34H41FN4O6S. The highest BCUT2D eigenvalue weighted by Gasteiger charge is 2.43. The first kappa shape index (κ1) is 32.5. The summed E-state index contributed by atoms with van der Waals surface area (Å²) in [6.45, 7) is 5.69. The third kappa shape index (κ3) is 8.30. The van der Waals surface area contributed by atoms with Crippen LogP contribution in [0.3, 0.4) is 0 Å². The Bertz CT molecular complexity index is 1570. The molecule has 3 aliphatic rings. The van der Waals surface area contributed by atoms with Crippen LogP contribution in [0.25, 0.3) is 20.7 Å². The first-order valence-corrected chi connectivity index (χ1v) is 16.5. The van der Waals surface area contributed by atoms with E-state index in [1.807, 2.05) is 13.0 Å². The van der Waals surface area contributed by atoms with Gasteiger partial charge in [-0.15, -0.1) is 11.3 Å². The summed E-state index contributed by atoms with van der Waals surface area (Å²) >= 11 is 1.56. The molecule has 0 radical (unpaired) electrons. The minimum atomic E-state index is -0.488. The number of amides is 2. The van der Waals surface area contributed by atoms with Gasteiger partial charge >= 0.3 is 6.03 Å². The average Bonchev–Trinajstić information content (AvgIpc) is 3.98. The average molecular weight is 653 g/mol. The second-order valence-electron chi connectivity index (χ2n) is 11.9. The maximum absolute atomic E-state index is 15.2. The van der Waals surface area contributed by atoms with E-state index >= 15 is 4.39 Å². The number of carbonyl (C=O) groups excluding carboxylic acids is 1. The second kappa shape index (κ2) is 15.0. The van der Waals surface area contributed by atoms with E-state index in [4.69, 9.17) is 23.7 Å². The van der Waals surface area contributed by atoms with Crippen LogP contribution in [0, 0.1) is 5.92 Å². The van der Waals surface area contributed by atoms with E-state index in [0.29, 0.717) is 44.3 Å². The van der Waals surface area contributed by atoms with Crippen LogP contribution in [-0.2, 0) is 25.5 Å². The van der Waals surface area contributed by atoms with E-state index in [0.717, 1.165) is 46.6 Å². The van der Waals surface area contributed by atoms with Gasteiger partial charge < -0.3 is 34.3 Å². The predicted octanol–water partition coefficient (Wildman–Crippen LogP) is 5.74. The monoisotopic (exact) mass is 652 g/mol. The van der Waals surface area contributed by atoms with E-state index in [-0.39, 0.29) is 36.1 Å². The molecule has 3 unspecified atom stereocenters. The molecule has 12 heteroatoms. The summed E-state index contributed by atoms with van der Waals surface area (Å²) in [5.41, 5.74) is 3.56. The molecule has 6 rings (SSSR count). The number of urea groups is 1. The second-order valence-corrected chi connectivity index (χ2v) is 12.9. The Hall–Kier alpha value is -3.39. The number of nitrogens with zero attached hydrogens (tertiary/aromatic N) is 2. The molecule has 0 bridgehead atoms. The van der Waals surface area contributed by atoms with Crippen molar-refractivity contribution in [2.24, 2.45) is 5.92 Å². The van der Waals surface area contributed by atoms with Crippen LogP contribution in [0.5, 0.6) is 5.75 Å². The van der Waals surface area contributed by atoms with Gasteiger partial charge in [-0.25, -0.2) is 9.18 Å². The van der Waals surface area contributed by atoms with Crippen LogP contribution < -0.4 is 15.4 Å². The molecule has 3 aromatic rings. The lowest BCUT2D eigenvalue weighted by atomic mass is 9.97. The first-order chi connectivity index (χ1) is 22.4. The molecule has 2 N–H and O–H groups in total. The molecule has 3 heterocycles. The molecule has 2 amide bonds. The molecule has 1 aliphatic heterocycles. The summed E-state index contributed by atoms with van der Waals surface area (Å²) in [6, 6.07) is 12.2. The summed E-state index contributed by atoms with van der Waals surface area (Å²) in [4.78, 5) is 20.0. The standard InChI is InChI=1S/C34H41FN4O6S/c1-21-16-29(25(35)17-26(21)38-34(40)37-24-8-9-24)44-28-10-11-36-27-18-31(46-32(27)28)23-6-4-22(5-7-23)19-39(12-13-41-2)33-30(45-33)20-43-15-14-42-3/h4-7,10-11,17-18,21,24,30,33H,8-9,12-16,19-20H2,1-3H3,(H2,37,38,40). The van der Waals surface area contributed by atoms with Gasteiger partial charge in [-0.3, -0.25) is 9.88 Å². The number of thiophene rings is 1. The van der Waals surface area contributed by atoms with Crippen molar-refractivity contribution in [3.05, 3.63) is 71.5 Å². The number of methoxy groups -OCH3 is 2. The normalized spacial score (nSPS) is 21.1. The lowest BCUT2D eigenvalue weighted by molar-refractivity contribution is 0.0622. The third-order valence-electron chi connectivity index (χ3n) is 8.19. The van der Waals surface area contributed by atoms with Crippen molar-refractivity contribution in [3.63, 3.8) is 0 Å². The zero-order chi connectivity index (χ0) is 32.0. The lowest BCUT2D eigenvalue weighted by Crippen LogP contribution is -2.38. The Morgan fingerprint density at radius 1 is 1.13 bits per heavy atom. The molecule has 2 aromatic heterocycles. The molecule has 1 saturated heterocycles. The summed E-state index contributed by atoms with van der Waals surface area (Å²) in [7, 11) is 3.36. The number of aromatic nitrogens is 1. The number of fused-ring (bicyclic) bond motifs is 1. The maximum atomic E-state index is 15.2. The van der Waals surface area contributed by atoms with Gasteiger partial charge in [0.05, 0.1) is 36.6 Å². The fraction of sp³-hybridized carbons (Fsp3) is 0.471. The fourth-order valence-corrected chi connectivity index (χ4v) is 6.45. The molecule has 1 saturated carbocycles. The van der Waals surface area contributed by atoms with Gasteiger partial charge in [0.2, 0.25) is 0 Å². The number of hydrogen-bond donors (Lipinski definition) is 2. The fourth-order valence-electron chi connectivity index (χ4n) is 5.38. The van der Waals surface area contributed by atoms with Crippen LogP contribution in [0.15, 0.2) is 66.0 Å². The van der Waals surface area contributed by atoms with E-state index in [1.165, 1.54) is 11.6 Å². The van der Waals surface area contributed by atoms with Crippen LogP contribution in [-0.4, -0.2) is 81.5 Å². The number of rotatable bonds is 16. The minimum absolute atomic E-state index is 0.00160. The summed E-state index contributed by atoms with van der Waals surface area (Å²) in [6.07, 6.45) is 5.39. The van der Waals surface area contributed by atoms with Crippen molar-refractivity contribution in [2.75, 3.05) is 47.2 Å². The Labute approximate surface area is 272 Å². The highest BCUT2D eigenvalue weighted by atomic mass is 32.1. The largest absolute Gasteiger partial charge is 0.457 e. The number of allylic oxidation sites excluding steroid dienone is 4. The molecule has 0 spiro atoms. The van der Waals surface area contributed by atoms with Crippen molar-refractivity contribution < 1.29 is 32.9 Å². The number of halogens is 1. The van der Waals surface area contributed by atoms with Crippen molar-refractivity contribution in [2.45, 2.75) is 51.1 Å². The molecule has 2 aliphatic carbocycles. The van der Waals surface area contributed by atoms with Gasteiger partial charge in [-0.2, -0.15) is 0 Å².